The van der Waals surface area contributed by atoms with Crippen LogP contribution < -0.4 is 24.8 Å². The molecular weight excluding hydrogens is 372 g/mol. The Morgan fingerprint density at radius 2 is 1.54 bits per heavy atom. The molecule has 0 saturated heterocycles. The van der Waals surface area contributed by atoms with E-state index in [1.54, 1.807) is 12.1 Å². The summed E-state index contributed by atoms with van der Waals surface area (Å²) in [4.78, 5) is 4.24. The third kappa shape index (κ3) is 4.17. The van der Waals surface area contributed by atoms with Crippen molar-refractivity contribution in [3.05, 3.63) is 48.2 Å². The van der Waals surface area contributed by atoms with Crippen molar-refractivity contribution in [2.24, 2.45) is 0 Å². The normalized spacial score (nSPS) is 10.3. The predicted octanol–water partition coefficient (Wildman–Crippen LogP) is 3.66. The first kappa shape index (κ1) is 19.1. The summed E-state index contributed by atoms with van der Waals surface area (Å²) in [5.74, 6) is -0.0955. The molecule has 146 valence electrons. The second-order valence-corrected chi connectivity index (χ2v) is 5.46. The molecule has 0 fully saturated rings. The number of halogens is 2. The van der Waals surface area contributed by atoms with Gasteiger partial charge in [-0.2, -0.15) is 10.1 Å². The maximum absolute atomic E-state index is 13.3. The van der Waals surface area contributed by atoms with E-state index in [2.05, 4.69) is 25.8 Å². The van der Waals surface area contributed by atoms with Gasteiger partial charge in [0.2, 0.25) is 11.7 Å². The molecule has 28 heavy (non-hydrogen) atoms. The first-order chi connectivity index (χ1) is 13.5. The van der Waals surface area contributed by atoms with E-state index >= 15 is 0 Å². The Bertz CT molecular complexity index is 962. The number of nitrogens with zero attached hydrogens (tertiary/aromatic N) is 3. The molecule has 8 nitrogen and oxygen atoms in total. The minimum absolute atomic E-state index is 0.168. The third-order valence-electron chi connectivity index (χ3n) is 3.67. The summed E-state index contributed by atoms with van der Waals surface area (Å²) >= 11 is 0. The molecule has 0 aliphatic rings. The molecule has 1 aromatic heterocycles. The topological polar surface area (TPSA) is 90.4 Å². The Balaban J connectivity index is 1.83. The quantitative estimate of drug-likeness (QED) is 0.633. The summed E-state index contributed by atoms with van der Waals surface area (Å²) in [5.41, 5.74) is 0.888. The van der Waals surface area contributed by atoms with Crippen LogP contribution in [0.5, 0.6) is 17.2 Å². The first-order valence-electron chi connectivity index (χ1n) is 8.03. The van der Waals surface area contributed by atoms with Gasteiger partial charge in [0, 0.05) is 29.6 Å². The zero-order valence-electron chi connectivity index (χ0n) is 15.3. The summed E-state index contributed by atoms with van der Waals surface area (Å²) in [6, 6.07) is 6.78. The maximum Gasteiger partial charge on any atom is 0.249 e. The number of rotatable bonds is 7. The zero-order valence-corrected chi connectivity index (χ0v) is 15.3. The highest BCUT2D eigenvalue weighted by molar-refractivity contribution is 5.66. The van der Waals surface area contributed by atoms with Gasteiger partial charge in [-0.05, 0) is 12.1 Å². The van der Waals surface area contributed by atoms with Crippen LogP contribution in [0, 0.1) is 11.6 Å². The van der Waals surface area contributed by atoms with E-state index in [-0.39, 0.29) is 11.8 Å². The maximum atomic E-state index is 13.3. The molecule has 2 aromatic carbocycles. The van der Waals surface area contributed by atoms with Crippen molar-refractivity contribution in [1.29, 1.82) is 0 Å². The van der Waals surface area contributed by atoms with Crippen LogP contribution >= 0.6 is 0 Å². The summed E-state index contributed by atoms with van der Waals surface area (Å²) in [5, 5.41) is 13.6. The van der Waals surface area contributed by atoms with Crippen molar-refractivity contribution in [1.82, 2.24) is 15.2 Å². The molecule has 1 heterocycles. The fourth-order valence-electron chi connectivity index (χ4n) is 2.42. The average molecular weight is 389 g/mol. The van der Waals surface area contributed by atoms with E-state index in [9.17, 15) is 8.78 Å². The summed E-state index contributed by atoms with van der Waals surface area (Å²) in [7, 11) is 4.52. The second-order valence-electron chi connectivity index (χ2n) is 5.46. The monoisotopic (exact) mass is 389 g/mol. The molecule has 0 radical (unpaired) electrons. The summed E-state index contributed by atoms with van der Waals surface area (Å²) in [6.07, 6.45) is 1.35. The molecule has 0 bridgehead atoms. The Morgan fingerprint density at radius 3 is 2.14 bits per heavy atom. The minimum Gasteiger partial charge on any atom is -0.493 e. The Hall–Kier alpha value is -3.69. The number of benzene rings is 2. The highest BCUT2D eigenvalue weighted by atomic mass is 19.2. The van der Waals surface area contributed by atoms with Crippen molar-refractivity contribution in [2.75, 3.05) is 32.0 Å². The van der Waals surface area contributed by atoms with Crippen LogP contribution in [-0.4, -0.2) is 36.5 Å². The van der Waals surface area contributed by atoms with Gasteiger partial charge in [-0.25, -0.2) is 8.78 Å². The molecule has 0 amide bonds. The Morgan fingerprint density at radius 1 is 0.821 bits per heavy atom. The number of methoxy groups -OCH3 is 3. The number of ether oxygens (including phenoxy) is 3. The third-order valence-corrected chi connectivity index (χ3v) is 3.67. The lowest BCUT2D eigenvalue weighted by molar-refractivity contribution is 0.324. The number of anilines is 4. The van der Waals surface area contributed by atoms with E-state index in [1.165, 1.54) is 33.6 Å². The predicted molar refractivity (Wildman–Crippen MR) is 98.8 cm³/mol. The zero-order chi connectivity index (χ0) is 20.1. The lowest BCUT2D eigenvalue weighted by Crippen LogP contribution is -2.03. The molecule has 0 aliphatic heterocycles. The minimum atomic E-state index is -0.970. The summed E-state index contributed by atoms with van der Waals surface area (Å²) in [6.45, 7) is 0. The van der Waals surface area contributed by atoms with E-state index in [0.29, 0.717) is 28.6 Å². The molecular formula is C18H17F2N5O3. The highest BCUT2D eigenvalue weighted by Crippen LogP contribution is 2.40. The molecule has 10 heteroatoms. The van der Waals surface area contributed by atoms with Crippen molar-refractivity contribution in [2.45, 2.75) is 0 Å². The molecule has 3 rings (SSSR count). The summed E-state index contributed by atoms with van der Waals surface area (Å²) < 4.78 is 42.3. The van der Waals surface area contributed by atoms with E-state index < -0.39 is 11.6 Å². The molecule has 0 atom stereocenters. The van der Waals surface area contributed by atoms with Gasteiger partial charge in [-0.15, -0.1) is 5.10 Å². The molecule has 0 unspecified atom stereocenters. The van der Waals surface area contributed by atoms with E-state index in [1.807, 2.05) is 0 Å². The fraction of sp³-hybridized carbons (Fsp3) is 0.167. The first-order valence-corrected chi connectivity index (χ1v) is 8.03. The smallest absolute Gasteiger partial charge is 0.249 e. The standard InChI is InChI=1S/C18H17F2N5O3/c1-26-14-7-11(8-15(27-2)17(14)28-3)23-18-24-16(9-21-25-18)22-10-4-5-12(19)13(20)6-10/h4-9H,1-3H3,(H2,22,23,24,25). The van der Waals surface area contributed by atoms with Crippen molar-refractivity contribution >= 4 is 23.1 Å². The van der Waals surface area contributed by atoms with Crippen LogP contribution in [0.3, 0.4) is 0 Å². The van der Waals surface area contributed by atoms with Crippen LogP contribution in [0.2, 0.25) is 0 Å². The number of nitrogens with one attached hydrogen (secondary N) is 2. The van der Waals surface area contributed by atoms with Gasteiger partial charge in [-0.1, -0.05) is 0 Å². The molecule has 0 saturated carbocycles. The van der Waals surface area contributed by atoms with Gasteiger partial charge in [0.05, 0.1) is 27.5 Å². The van der Waals surface area contributed by atoms with Crippen molar-refractivity contribution in [3.63, 3.8) is 0 Å². The number of aromatic nitrogens is 3. The lowest BCUT2D eigenvalue weighted by Gasteiger charge is -2.14. The van der Waals surface area contributed by atoms with Crippen molar-refractivity contribution < 1.29 is 23.0 Å². The van der Waals surface area contributed by atoms with Gasteiger partial charge in [-0.3, -0.25) is 0 Å². The second kappa shape index (κ2) is 8.33. The molecule has 0 spiro atoms. The van der Waals surface area contributed by atoms with Crippen LogP contribution in [0.1, 0.15) is 0 Å². The van der Waals surface area contributed by atoms with E-state index in [0.717, 1.165) is 12.1 Å². The van der Waals surface area contributed by atoms with Gasteiger partial charge < -0.3 is 24.8 Å². The lowest BCUT2D eigenvalue weighted by atomic mass is 10.2. The van der Waals surface area contributed by atoms with Crippen molar-refractivity contribution in [3.8, 4) is 17.2 Å². The van der Waals surface area contributed by atoms with Crippen LogP contribution in [-0.2, 0) is 0 Å². The number of hydrogen-bond donors (Lipinski definition) is 2. The SMILES string of the molecule is COc1cc(Nc2nncc(Nc3ccc(F)c(F)c3)n2)cc(OC)c1OC. The van der Waals surface area contributed by atoms with E-state index in [4.69, 9.17) is 14.2 Å². The molecule has 3 aromatic rings. The van der Waals surface area contributed by atoms with Gasteiger partial charge >= 0.3 is 0 Å². The largest absolute Gasteiger partial charge is 0.493 e. The number of hydrogen-bond acceptors (Lipinski definition) is 8. The van der Waals surface area contributed by atoms with Gasteiger partial charge in [0.15, 0.2) is 29.0 Å². The van der Waals surface area contributed by atoms with Gasteiger partial charge in [0.25, 0.3) is 0 Å². The molecule has 0 aliphatic carbocycles. The van der Waals surface area contributed by atoms with Crippen LogP contribution in [0.15, 0.2) is 36.5 Å². The average Bonchev–Trinajstić information content (AvgIpc) is 2.70. The van der Waals surface area contributed by atoms with Crippen LogP contribution in [0.25, 0.3) is 0 Å². The Kier molecular flexibility index (Phi) is 5.68. The highest BCUT2D eigenvalue weighted by Gasteiger charge is 2.14. The fourth-order valence-corrected chi connectivity index (χ4v) is 2.42. The van der Waals surface area contributed by atoms with Gasteiger partial charge in [0.1, 0.15) is 0 Å². The Labute approximate surface area is 159 Å². The molecule has 2 N–H and O–H groups in total. The van der Waals surface area contributed by atoms with Crippen LogP contribution in [0.4, 0.5) is 31.9 Å².